The van der Waals surface area contributed by atoms with E-state index in [-0.39, 0.29) is 12.0 Å². The van der Waals surface area contributed by atoms with E-state index in [0.29, 0.717) is 25.1 Å². The monoisotopic (exact) mass is 265 g/mol. The van der Waals surface area contributed by atoms with Crippen molar-refractivity contribution in [3.8, 4) is 5.75 Å². The number of hydrogen-bond acceptors (Lipinski definition) is 3. The zero-order valence-electron chi connectivity index (χ0n) is 11.8. The molecule has 0 radical (unpaired) electrons. The molecule has 0 aliphatic carbocycles. The molecule has 0 aromatic heterocycles. The molecule has 4 heteroatoms. The van der Waals surface area contributed by atoms with E-state index >= 15 is 0 Å². The van der Waals surface area contributed by atoms with Crippen LogP contribution in [0.25, 0.3) is 0 Å². The molecule has 0 heterocycles. The molecule has 1 aromatic rings. The fraction of sp³-hybridized carbons (Fsp3) is 0.533. The van der Waals surface area contributed by atoms with Crippen molar-refractivity contribution < 1.29 is 14.6 Å². The highest BCUT2D eigenvalue weighted by molar-refractivity contribution is 5.80. The zero-order valence-corrected chi connectivity index (χ0v) is 11.8. The second-order valence-corrected chi connectivity index (χ2v) is 4.71. The highest BCUT2D eigenvalue weighted by atomic mass is 16.5. The molecule has 0 spiro atoms. The molecule has 2 atom stereocenters. The Balaban J connectivity index is 2.34. The predicted molar refractivity (Wildman–Crippen MR) is 75.2 cm³/mol. The van der Waals surface area contributed by atoms with Gasteiger partial charge in [0, 0.05) is 6.54 Å². The Hall–Kier alpha value is -1.55. The first-order valence-corrected chi connectivity index (χ1v) is 6.72. The maximum absolute atomic E-state index is 11.8. The van der Waals surface area contributed by atoms with E-state index < -0.39 is 6.10 Å². The number of aryl methyl sites for hydroxylation is 1. The minimum Gasteiger partial charge on any atom is -0.481 e. The summed E-state index contributed by atoms with van der Waals surface area (Å²) in [6.45, 7) is 6.09. The van der Waals surface area contributed by atoms with Gasteiger partial charge in [0.1, 0.15) is 5.75 Å². The lowest BCUT2D eigenvalue weighted by Gasteiger charge is -2.15. The molecule has 1 rings (SSSR count). The molecule has 0 fully saturated rings. The Bertz CT molecular complexity index is 389. The van der Waals surface area contributed by atoms with E-state index in [1.165, 1.54) is 0 Å². The summed E-state index contributed by atoms with van der Waals surface area (Å²) in [6.07, 6.45) is 0.375. The first-order valence-electron chi connectivity index (χ1n) is 6.72. The minimum absolute atomic E-state index is 0.163. The standard InChI is InChI=1S/C15H23NO3/c1-4-13(17)9-10-16-15(18)12(3)19-14-7-5-11(2)6-8-14/h5-8,12-13,17H,4,9-10H2,1-3H3,(H,16,18). The third-order valence-corrected chi connectivity index (χ3v) is 2.95. The fourth-order valence-electron chi connectivity index (χ4n) is 1.58. The summed E-state index contributed by atoms with van der Waals surface area (Å²) in [5, 5.41) is 12.1. The van der Waals surface area contributed by atoms with Gasteiger partial charge in [-0.15, -0.1) is 0 Å². The van der Waals surface area contributed by atoms with E-state index in [2.05, 4.69) is 5.32 Å². The fourth-order valence-corrected chi connectivity index (χ4v) is 1.58. The zero-order chi connectivity index (χ0) is 14.3. The highest BCUT2D eigenvalue weighted by Gasteiger charge is 2.14. The van der Waals surface area contributed by atoms with Gasteiger partial charge >= 0.3 is 0 Å². The molecule has 2 unspecified atom stereocenters. The molecule has 0 aliphatic rings. The number of rotatable bonds is 7. The Morgan fingerprint density at radius 2 is 2.00 bits per heavy atom. The average Bonchev–Trinajstić information content (AvgIpc) is 2.40. The minimum atomic E-state index is -0.540. The van der Waals surface area contributed by atoms with Gasteiger partial charge in [0.25, 0.3) is 5.91 Å². The number of aliphatic hydroxyl groups is 1. The second-order valence-electron chi connectivity index (χ2n) is 4.71. The largest absolute Gasteiger partial charge is 0.481 e. The number of ether oxygens (including phenoxy) is 1. The number of hydrogen-bond donors (Lipinski definition) is 2. The van der Waals surface area contributed by atoms with Crippen LogP contribution in [0.15, 0.2) is 24.3 Å². The smallest absolute Gasteiger partial charge is 0.260 e. The number of carbonyl (C=O) groups excluding carboxylic acids is 1. The van der Waals surface area contributed by atoms with Gasteiger partial charge < -0.3 is 15.2 Å². The van der Waals surface area contributed by atoms with Gasteiger partial charge in [-0.1, -0.05) is 24.6 Å². The van der Waals surface area contributed by atoms with Crippen molar-refractivity contribution in [2.75, 3.05) is 6.54 Å². The van der Waals surface area contributed by atoms with Gasteiger partial charge in [-0.3, -0.25) is 4.79 Å². The van der Waals surface area contributed by atoms with Crippen LogP contribution >= 0.6 is 0 Å². The van der Waals surface area contributed by atoms with Crippen LogP contribution in [-0.2, 0) is 4.79 Å². The van der Waals surface area contributed by atoms with Gasteiger partial charge in [0.15, 0.2) is 6.10 Å². The lowest BCUT2D eigenvalue weighted by Crippen LogP contribution is -2.37. The highest BCUT2D eigenvalue weighted by Crippen LogP contribution is 2.13. The van der Waals surface area contributed by atoms with Crippen LogP contribution in [0.1, 0.15) is 32.3 Å². The number of nitrogens with one attached hydrogen (secondary N) is 1. The lowest BCUT2D eigenvalue weighted by atomic mass is 10.2. The van der Waals surface area contributed by atoms with Crippen LogP contribution in [0.2, 0.25) is 0 Å². The van der Waals surface area contributed by atoms with Gasteiger partial charge in [-0.2, -0.15) is 0 Å². The van der Waals surface area contributed by atoms with E-state index in [1.807, 2.05) is 38.1 Å². The lowest BCUT2D eigenvalue weighted by molar-refractivity contribution is -0.127. The molecule has 4 nitrogen and oxygen atoms in total. The van der Waals surface area contributed by atoms with Crippen LogP contribution in [0.3, 0.4) is 0 Å². The molecular weight excluding hydrogens is 242 g/mol. The summed E-state index contributed by atoms with van der Waals surface area (Å²) in [5.41, 5.74) is 1.15. The number of aliphatic hydroxyl groups excluding tert-OH is 1. The Morgan fingerprint density at radius 3 is 2.58 bits per heavy atom. The Morgan fingerprint density at radius 1 is 1.37 bits per heavy atom. The van der Waals surface area contributed by atoms with Gasteiger partial charge in [-0.25, -0.2) is 0 Å². The predicted octanol–water partition coefficient (Wildman–Crippen LogP) is 2.04. The van der Waals surface area contributed by atoms with Crippen LogP contribution in [-0.4, -0.2) is 29.8 Å². The van der Waals surface area contributed by atoms with Gasteiger partial charge in [0.05, 0.1) is 6.10 Å². The molecule has 0 saturated heterocycles. The average molecular weight is 265 g/mol. The maximum Gasteiger partial charge on any atom is 0.260 e. The van der Waals surface area contributed by atoms with Gasteiger partial charge in [-0.05, 0) is 38.8 Å². The Labute approximate surface area is 114 Å². The summed E-state index contributed by atoms with van der Waals surface area (Å²) in [4.78, 5) is 11.8. The molecular formula is C15H23NO3. The van der Waals surface area contributed by atoms with E-state index in [0.717, 1.165) is 5.56 Å². The SMILES string of the molecule is CCC(O)CCNC(=O)C(C)Oc1ccc(C)cc1. The quantitative estimate of drug-likeness (QED) is 0.793. The van der Waals surface area contributed by atoms with Crippen molar-refractivity contribution in [2.45, 2.75) is 45.8 Å². The van der Waals surface area contributed by atoms with Crippen molar-refractivity contribution in [3.63, 3.8) is 0 Å². The van der Waals surface area contributed by atoms with E-state index in [9.17, 15) is 9.90 Å². The number of benzene rings is 1. The van der Waals surface area contributed by atoms with Crippen molar-refractivity contribution in [1.29, 1.82) is 0 Å². The molecule has 1 amide bonds. The van der Waals surface area contributed by atoms with E-state index in [4.69, 9.17) is 4.74 Å². The van der Waals surface area contributed by atoms with Crippen LogP contribution in [0.4, 0.5) is 0 Å². The second kappa shape index (κ2) is 7.79. The van der Waals surface area contributed by atoms with Crippen LogP contribution in [0, 0.1) is 6.92 Å². The summed E-state index contributed by atoms with van der Waals surface area (Å²) >= 11 is 0. The third-order valence-electron chi connectivity index (χ3n) is 2.95. The van der Waals surface area contributed by atoms with Crippen molar-refractivity contribution in [3.05, 3.63) is 29.8 Å². The van der Waals surface area contributed by atoms with Crippen LogP contribution < -0.4 is 10.1 Å². The number of amides is 1. The first-order chi connectivity index (χ1) is 9.02. The normalized spacial score (nSPS) is 13.7. The first kappa shape index (κ1) is 15.5. The Kier molecular flexibility index (Phi) is 6.36. The maximum atomic E-state index is 11.8. The van der Waals surface area contributed by atoms with Crippen molar-refractivity contribution >= 4 is 5.91 Å². The summed E-state index contributed by atoms with van der Waals surface area (Å²) in [6, 6.07) is 7.58. The van der Waals surface area contributed by atoms with E-state index in [1.54, 1.807) is 6.92 Å². The van der Waals surface area contributed by atoms with Crippen molar-refractivity contribution in [2.24, 2.45) is 0 Å². The number of carbonyl (C=O) groups is 1. The summed E-state index contributed by atoms with van der Waals surface area (Å²) in [5.74, 6) is 0.519. The third kappa shape index (κ3) is 5.75. The van der Waals surface area contributed by atoms with Crippen molar-refractivity contribution in [1.82, 2.24) is 5.32 Å². The van der Waals surface area contributed by atoms with Gasteiger partial charge in [0.2, 0.25) is 0 Å². The topological polar surface area (TPSA) is 58.6 Å². The molecule has 19 heavy (non-hydrogen) atoms. The molecule has 0 saturated carbocycles. The summed E-state index contributed by atoms with van der Waals surface area (Å²) in [7, 11) is 0. The molecule has 106 valence electrons. The van der Waals surface area contributed by atoms with Crippen LogP contribution in [0.5, 0.6) is 5.75 Å². The summed E-state index contributed by atoms with van der Waals surface area (Å²) < 4.78 is 5.54. The molecule has 0 bridgehead atoms. The molecule has 0 aliphatic heterocycles. The molecule has 1 aromatic carbocycles. The molecule has 2 N–H and O–H groups in total.